The summed E-state index contributed by atoms with van der Waals surface area (Å²) in [6, 6.07) is 29.5. The van der Waals surface area contributed by atoms with Crippen molar-refractivity contribution in [2.24, 2.45) is 0 Å². The molecule has 0 heterocycles. The Morgan fingerprint density at radius 1 is 0.730 bits per heavy atom. The van der Waals surface area contributed by atoms with Gasteiger partial charge in [0.15, 0.2) is 5.78 Å². The highest BCUT2D eigenvalue weighted by atomic mass is 19.1. The van der Waals surface area contributed by atoms with Crippen LogP contribution in [0.1, 0.15) is 58.9 Å². The first-order valence-electron chi connectivity index (χ1n) is 13.0. The predicted molar refractivity (Wildman–Crippen MR) is 154 cm³/mol. The van der Waals surface area contributed by atoms with Crippen LogP contribution < -0.4 is 0 Å². The van der Waals surface area contributed by atoms with Crippen LogP contribution in [0.3, 0.4) is 0 Å². The van der Waals surface area contributed by atoms with Gasteiger partial charge in [0.2, 0.25) is 0 Å². The van der Waals surface area contributed by atoms with Gasteiger partial charge in [0, 0.05) is 17.6 Å². The number of hydrogen-bond donors (Lipinski definition) is 0. The molecule has 0 fully saturated rings. The number of Topliss-reactive ketones (excluding diaryl/α,β-unsaturated/α-hetero) is 1. The van der Waals surface area contributed by atoms with E-state index in [4.69, 9.17) is 0 Å². The summed E-state index contributed by atoms with van der Waals surface area (Å²) in [6.07, 6.45) is 8.74. The minimum absolute atomic E-state index is 0.119. The van der Waals surface area contributed by atoms with Gasteiger partial charge in [-0.15, -0.1) is 0 Å². The lowest BCUT2D eigenvalue weighted by molar-refractivity contribution is 0.104. The molecular formula is C35H33FO. The van der Waals surface area contributed by atoms with Crippen LogP contribution in [0.5, 0.6) is 0 Å². The van der Waals surface area contributed by atoms with E-state index in [2.05, 4.69) is 42.5 Å². The zero-order chi connectivity index (χ0) is 26.2. The molecule has 0 amide bonds. The number of hydrogen-bond acceptors (Lipinski definition) is 1. The van der Waals surface area contributed by atoms with Gasteiger partial charge in [-0.05, 0) is 76.9 Å². The quantitative estimate of drug-likeness (QED) is 0.247. The third-order valence-electron chi connectivity index (χ3n) is 6.56. The maximum Gasteiger partial charge on any atom is 0.189 e. The number of aryl methyl sites for hydroxylation is 2. The summed E-state index contributed by atoms with van der Waals surface area (Å²) in [5.41, 5.74) is 9.55. The Labute approximate surface area is 220 Å². The molecule has 4 aromatic carbocycles. The first kappa shape index (κ1) is 26.0. The Morgan fingerprint density at radius 3 is 1.95 bits per heavy atom. The number of allylic oxidation sites excluding steroid dienone is 2. The maximum absolute atomic E-state index is 13.2. The molecule has 5 rings (SSSR count). The van der Waals surface area contributed by atoms with Crippen LogP contribution in [0, 0.1) is 5.82 Å². The fourth-order valence-corrected chi connectivity index (χ4v) is 4.64. The minimum Gasteiger partial charge on any atom is -0.289 e. The molecule has 0 saturated carbocycles. The minimum atomic E-state index is -0.240. The van der Waals surface area contributed by atoms with Gasteiger partial charge in [-0.25, -0.2) is 4.39 Å². The number of rotatable bonds is 6. The topological polar surface area (TPSA) is 17.1 Å². The summed E-state index contributed by atoms with van der Waals surface area (Å²) in [4.78, 5) is 13.0. The highest BCUT2D eigenvalue weighted by Crippen LogP contribution is 2.30. The Hall–Kier alpha value is -4.04. The van der Waals surface area contributed by atoms with E-state index in [9.17, 15) is 9.18 Å². The molecular weight excluding hydrogens is 455 g/mol. The van der Waals surface area contributed by atoms with Crippen molar-refractivity contribution in [3.8, 4) is 11.1 Å². The zero-order valence-electron chi connectivity index (χ0n) is 21.8. The van der Waals surface area contributed by atoms with E-state index in [1.807, 2.05) is 63.3 Å². The zero-order valence-corrected chi connectivity index (χ0v) is 21.8. The molecule has 0 aromatic heterocycles. The largest absolute Gasteiger partial charge is 0.289 e. The lowest BCUT2D eigenvalue weighted by Crippen LogP contribution is -1.96. The summed E-state index contributed by atoms with van der Waals surface area (Å²) in [7, 11) is 0. The number of ketones is 1. The Balaban J connectivity index is 0.00000156. The van der Waals surface area contributed by atoms with E-state index < -0.39 is 0 Å². The van der Waals surface area contributed by atoms with Crippen LogP contribution in [-0.2, 0) is 19.3 Å². The standard InChI is InChI=1S/C33H27FO.C2H6/c1-2-3-23-4-6-24(7-5-23)8-9-25-12-19-32-29(20-25)22-30(33(32)35)21-26-10-13-27(14-11-26)28-15-17-31(34)18-16-28;1-2/h2-7,10-21H,8-9,22H2,1H3;1-2H3/b3-2?,30-21+;. The fourth-order valence-electron chi connectivity index (χ4n) is 4.64. The molecule has 1 aliphatic carbocycles. The van der Waals surface area contributed by atoms with Crippen LogP contribution in [0.2, 0.25) is 0 Å². The van der Waals surface area contributed by atoms with E-state index >= 15 is 0 Å². The molecule has 0 unspecified atom stereocenters. The van der Waals surface area contributed by atoms with Crippen LogP contribution >= 0.6 is 0 Å². The summed E-state index contributed by atoms with van der Waals surface area (Å²) in [5.74, 6) is -0.120. The van der Waals surface area contributed by atoms with Crippen molar-refractivity contribution in [3.05, 3.63) is 142 Å². The lowest BCUT2D eigenvalue weighted by Gasteiger charge is -2.05. The summed E-state index contributed by atoms with van der Waals surface area (Å²) in [5, 5.41) is 0. The smallest absolute Gasteiger partial charge is 0.189 e. The number of carbonyl (C=O) groups is 1. The second-order valence-corrected chi connectivity index (χ2v) is 9.04. The van der Waals surface area contributed by atoms with Gasteiger partial charge in [0.05, 0.1) is 0 Å². The summed E-state index contributed by atoms with van der Waals surface area (Å²) >= 11 is 0. The van der Waals surface area contributed by atoms with Gasteiger partial charge < -0.3 is 0 Å². The van der Waals surface area contributed by atoms with E-state index in [-0.39, 0.29) is 11.6 Å². The van der Waals surface area contributed by atoms with Crippen molar-refractivity contribution >= 4 is 17.9 Å². The molecule has 0 saturated heterocycles. The summed E-state index contributed by atoms with van der Waals surface area (Å²) < 4.78 is 13.2. The van der Waals surface area contributed by atoms with Crippen LogP contribution in [0.4, 0.5) is 4.39 Å². The Bertz CT molecular complexity index is 1410. The lowest BCUT2D eigenvalue weighted by atomic mass is 10.00. The number of carbonyl (C=O) groups excluding carboxylic acids is 1. The monoisotopic (exact) mass is 488 g/mol. The van der Waals surface area contributed by atoms with Gasteiger partial charge in [-0.1, -0.05) is 105 Å². The third kappa shape index (κ3) is 6.40. The van der Waals surface area contributed by atoms with E-state index in [0.29, 0.717) is 6.42 Å². The molecule has 1 nitrogen and oxygen atoms in total. The average molecular weight is 489 g/mol. The number of fused-ring (bicyclic) bond motifs is 1. The Kier molecular flexibility index (Phi) is 8.64. The second kappa shape index (κ2) is 12.3. The maximum atomic E-state index is 13.2. The number of benzene rings is 4. The SMILES string of the molecule is CC.CC=Cc1ccc(CCc2ccc3c(c2)C/C(=C\c2ccc(-c4ccc(F)cc4)cc2)C3=O)cc1. The molecule has 37 heavy (non-hydrogen) atoms. The van der Waals surface area contributed by atoms with Gasteiger partial charge in [0.1, 0.15) is 5.82 Å². The summed E-state index contributed by atoms with van der Waals surface area (Å²) in [6.45, 7) is 6.03. The second-order valence-electron chi connectivity index (χ2n) is 9.04. The molecule has 0 atom stereocenters. The fraction of sp³-hybridized carbons (Fsp3) is 0.171. The van der Waals surface area contributed by atoms with E-state index in [1.165, 1.54) is 28.8 Å². The predicted octanol–water partition coefficient (Wildman–Crippen LogP) is 9.16. The number of halogens is 1. The molecule has 0 spiro atoms. The molecule has 2 heteroatoms. The van der Waals surface area contributed by atoms with Crippen LogP contribution in [0.15, 0.2) is 103 Å². The molecule has 1 aliphatic rings. The van der Waals surface area contributed by atoms with Crippen molar-refractivity contribution in [3.63, 3.8) is 0 Å². The molecule has 0 N–H and O–H groups in total. The van der Waals surface area contributed by atoms with Crippen LogP contribution in [0.25, 0.3) is 23.3 Å². The third-order valence-corrected chi connectivity index (χ3v) is 6.56. The highest BCUT2D eigenvalue weighted by molar-refractivity contribution is 6.15. The van der Waals surface area contributed by atoms with Gasteiger partial charge >= 0.3 is 0 Å². The van der Waals surface area contributed by atoms with Crippen molar-refractivity contribution in [2.75, 3.05) is 0 Å². The van der Waals surface area contributed by atoms with Gasteiger partial charge in [0.25, 0.3) is 0 Å². The first-order valence-corrected chi connectivity index (χ1v) is 13.0. The van der Waals surface area contributed by atoms with Gasteiger partial charge in [-0.3, -0.25) is 4.79 Å². The molecule has 0 radical (unpaired) electrons. The van der Waals surface area contributed by atoms with Crippen molar-refractivity contribution in [2.45, 2.75) is 40.0 Å². The van der Waals surface area contributed by atoms with E-state index in [1.54, 1.807) is 12.1 Å². The average Bonchev–Trinajstić information content (AvgIpc) is 3.24. The molecule has 0 bridgehead atoms. The normalized spacial score (nSPS) is 13.5. The van der Waals surface area contributed by atoms with Crippen molar-refractivity contribution in [1.82, 2.24) is 0 Å². The van der Waals surface area contributed by atoms with Gasteiger partial charge in [-0.2, -0.15) is 0 Å². The van der Waals surface area contributed by atoms with Crippen molar-refractivity contribution in [1.29, 1.82) is 0 Å². The molecule has 0 aliphatic heterocycles. The van der Waals surface area contributed by atoms with Crippen LogP contribution in [-0.4, -0.2) is 5.78 Å². The first-order chi connectivity index (χ1) is 18.1. The molecule has 186 valence electrons. The van der Waals surface area contributed by atoms with Crippen molar-refractivity contribution < 1.29 is 9.18 Å². The molecule has 4 aromatic rings. The Morgan fingerprint density at radius 2 is 1.30 bits per heavy atom. The van der Waals surface area contributed by atoms with E-state index in [0.717, 1.165) is 46.2 Å². The highest BCUT2D eigenvalue weighted by Gasteiger charge is 2.24.